The molecule has 2 aromatic carbocycles. The first-order chi connectivity index (χ1) is 15.8. The molecule has 0 aliphatic rings. The molecule has 0 aliphatic carbocycles. The average Bonchev–Trinajstić information content (AvgIpc) is 2.77. The van der Waals surface area contributed by atoms with Gasteiger partial charge >= 0.3 is 0 Å². The van der Waals surface area contributed by atoms with Gasteiger partial charge in [-0.1, -0.05) is 23.2 Å². The summed E-state index contributed by atoms with van der Waals surface area (Å²) in [6, 6.07) is 4.78. The molecule has 33 heavy (non-hydrogen) atoms. The smallest absolute Gasteiger partial charge is 0.258 e. The van der Waals surface area contributed by atoms with E-state index in [2.05, 4.69) is 15.5 Å². The minimum atomic E-state index is -1.47. The predicted molar refractivity (Wildman–Crippen MR) is 126 cm³/mol. The van der Waals surface area contributed by atoms with E-state index in [0.29, 0.717) is 24.7 Å². The summed E-state index contributed by atoms with van der Waals surface area (Å²) in [6.07, 6.45) is 0. The predicted octanol–water partition coefficient (Wildman–Crippen LogP) is 5.49. The van der Waals surface area contributed by atoms with Crippen molar-refractivity contribution >= 4 is 46.3 Å². The van der Waals surface area contributed by atoms with Gasteiger partial charge < -0.3 is 24.3 Å². The molecule has 2 aromatic rings. The maximum absolute atomic E-state index is 12.9. The number of nitrogens with one attached hydrogen (secondary N) is 1. The third-order valence-electron chi connectivity index (χ3n) is 4.26. The third-order valence-corrected chi connectivity index (χ3v) is 4.83. The summed E-state index contributed by atoms with van der Waals surface area (Å²) in [6.45, 7) is 5.47. The number of halogens is 2. The van der Waals surface area contributed by atoms with Crippen molar-refractivity contribution in [1.29, 1.82) is 0 Å². The molecule has 1 unspecified atom stereocenters. The highest BCUT2D eigenvalue weighted by molar-refractivity contribution is 6.33. The van der Waals surface area contributed by atoms with Crippen molar-refractivity contribution in [3.05, 3.63) is 34.3 Å². The monoisotopic (exact) mass is 497 g/mol. The highest BCUT2D eigenvalue weighted by Crippen LogP contribution is 2.43. The molecular weight excluding hydrogens is 473 g/mol. The van der Waals surface area contributed by atoms with Crippen molar-refractivity contribution in [2.75, 3.05) is 32.8 Å². The van der Waals surface area contributed by atoms with Crippen LogP contribution in [0.4, 0.5) is 11.4 Å². The minimum Gasteiger partial charge on any atom is -0.497 e. The van der Waals surface area contributed by atoms with Crippen molar-refractivity contribution in [1.82, 2.24) is 0 Å². The summed E-state index contributed by atoms with van der Waals surface area (Å²) < 4.78 is 21.6. The van der Waals surface area contributed by atoms with Crippen LogP contribution in [0.15, 0.2) is 34.5 Å². The second kappa shape index (κ2) is 12.3. The van der Waals surface area contributed by atoms with Crippen molar-refractivity contribution in [3.8, 4) is 23.0 Å². The number of carbonyl (C=O) groups excluding carboxylic acids is 2. The van der Waals surface area contributed by atoms with Gasteiger partial charge in [-0.05, 0) is 32.9 Å². The van der Waals surface area contributed by atoms with Gasteiger partial charge in [-0.15, -0.1) is 5.11 Å². The fraction of sp³-hybridized carbons (Fsp3) is 0.364. The Kier molecular flexibility index (Phi) is 9.74. The molecule has 0 spiro atoms. The fourth-order valence-corrected chi connectivity index (χ4v) is 3.29. The van der Waals surface area contributed by atoms with Crippen LogP contribution in [-0.2, 0) is 9.59 Å². The number of nitrogens with zero attached hydrogens (tertiary/aromatic N) is 2. The van der Waals surface area contributed by atoms with Crippen LogP contribution >= 0.6 is 23.2 Å². The number of anilines is 1. The Morgan fingerprint density at radius 2 is 1.70 bits per heavy atom. The van der Waals surface area contributed by atoms with Crippen LogP contribution in [0.2, 0.25) is 10.0 Å². The van der Waals surface area contributed by atoms with Crippen LogP contribution in [-0.4, -0.2) is 45.2 Å². The van der Waals surface area contributed by atoms with Crippen molar-refractivity contribution in [3.63, 3.8) is 0 Å². The largest absolute Gasteiger partial charge is 0.497 e. The number of hydrogen-bond acceptors (Lipinski definition) is 8. The standard InChI is InChI=1S/C22H25Cl2N3O6/c1-6-32-17-9-8-14(23)21(33-7-2)19(17)27-26-18(12(3)28)22(29)25-16-11-13(30-4)10-15(24)20(16)31-5/h8-11,18H,6-7H2,1-5H3,(H,25,29). The lowest BCUT2D eigenvalue weighted by atomic mass is 10.2. The van der Waals surface area contributed by atoms with E-state index >= 15 is 0 Å². The van der Waals surface area contributed by atoms with E-state index in [1.807, 2.05) is 0 Å². The van der Waals surface area contributed by atoms with Crippen LogP contribution in [0, 0.1) is 0 Å². The maximum Gasteiger partial charge on any atom is 0.258 e. The van der Waals surface area contributed by atoms with Gasteiger partial charge in [0.15, 0.2) is 28.7 Å². The summed E-state index contributed by atoms with van der Waals surface area (Å²) in [5, 5.41) is 11.2. The molecule has 0 radical (unpaired) electrons. The Morgan fingerprint density at radius 1 is 1.00 bits per heavy atom. The molecule has 11 heteroatoms. The van der Waals surface area contributed by atoms with E-state index in [0.717, 1.165) is 0 Å². The SMILES string of the molecule is CCOc1ccc(Cl)c(OCC)c1N=NC(C(C)=O)C(=O)Nc1cc(OC)cc(Cl)c1OC. The van der Waals surface area contributed by atoms with E-state index in [1.54, 1.807) is 26.0 Å². The average molecular weight is 498 g/mol. The first-order valence-corrected chi connectivity index (χ1v) is 10.7. The number of amides is 1. The van der Waals surface area contributed by atoms with Gasteiger partial charge in [0.1, 0.15) is 5.75 Å². The molecule has 2 rings (SSSR count). The van der Waals surface area contributed by atoms with E-state index in [9.17, 15) is 9.59 Å². The molecule has 0 bridgehead atoms. The molecule has 1 N–H and O–H groups in total. The molecule has 0 saturated heterocycles. The lowest BCUT2D eigenvalue weighted by Gasteiger charge is -2.16. The minimum absolute atomic E-state index is 0.173. The number of carbonyl (C=O) groups is 2. The lowest BCUT2D eigenvalue weighted by Crippen LogP contribution is -2.32. The summed E-state index contributed by atoms with van der Waals surface area (Å²) in [5.41, 5.74) is 0.383. The van der Waals surface area contributed by atoms with E-state index in [4.69, 9.17) is 42.1 Å². The van der Waals surface area contributed by atoms with Gasteiger partial charge in [-0.3, -0.25) is 9.59 Å². The van der Waals surface area contributed by atoms with Gasteiger partial charge in [0.2, 0.25) is 6.04 Å². The van der Waals surface area contributed by atoms with E-state index < -0.39 is 17.7 Å². The quantitative estimate of drug-likeness (QED) is 0.324. The zero-order chi connectivity index (χ0) is 24.5. The number of hydrogen-bond donors (Lipinski definition) is 1. The zero-order valence-corrected chi connectivity index (χ0v) is 20.4. The zero-order valence-electron chi connectivity index (χ0n) is 18.9. The number of benzene rings is 2. The number of ketones is 1. The number of rotatable bonds is 11. The molecular formula is C22H25Cl2N3O6. The number of azo groups is 1. The van der Waals surface area contributed by atoms with Gasteiger partial charge in [0.25, 0.3) is 5.91 Å². The number of methoxy groups -OCH3 is 2. The summed E-state index contributed by atoms with van der Waals surface area (Å²) in [5.74, 6) is -0.110. The molecule has 1 amide bonds. The van der Waals surface area contributed by atoms with Crippen LogP contribution in [0.5, 0.6) is 23.0 Å². The van der Waals surface area contributed by atoms with Crippen molar-refractivity contribution in [2.24, 2.45) is 10.2 Å². The molecule has 178 valence electrons. The first kappa shape index (κ1) is 26.2. The molecule has 0 heterocycles. The topological polar surface area (TPSA) is 108 Å². The second-order valence-electron chi connectivity index (χ2n) is 6.50. The van der Waals surface area contributed by atoms with Crippen LogP contribution in [0.25, 0.3) is 0 Å². The molecule has 0 aliphatic heterocycles. The summed E-state index contributed by atoms with van der Waals surface area (Å²) in [7, 11) is 2.85. The Morgan fingerprint density at radius 3 is 2.27 bits per heavy atom. The number of Topliss-reactive ketones (excluding diaryl/α,β-unsaturated/α-hetero) is 1. The Bertz CT molecular complexity index is 1050. The molecule has 0 fully saturated rings. The highest BCUT2D eigenvalue weighted by atomic mass is 35.5. The van der Waals surface area contributed by atoms with Gasteiger partial charge in [-0.25, -0.2) is 0 Å². The van der Waals surface area contributed by atoms with E-state index in [-0.39, 0.29) is 32.9 Å². The van der Waals surface area contributed by atoms with Crippen molar-refractivity contribution in [2.45, 2.75) is 26.8 Å². The molecule has 0 saturated carbocycles. The van der Waals surface area contributed by atoms with Crippen LogP contribution in [0.1, 0.15) is 20.8 Å². The van der Waals surface area contributed by atoms with Gasteiger partial charge in [0, 0.05) is 12.1 Å². The second-order valence-corrected chi connectivity index (χ2v) is 7.31. The first-order valence-electron chi connectivity index (χ1n) is 9.99. The van der Waals surface area contributed by atoms with Crippen LogP contribution < -0.4 is 24.3 Å². The third kappa shape index (κ3) is 6.49. The number of ether oxygens (including phenoxy) is 4. The molecule has 0 aromatic heterocycles. The van der Waals surface area contributed by atoms with Gasteiger partial charge in [-0.2, -0.15) is 5.11 Å². The Hall–Kier alpha value is -3.04. The Labute approximate surface area is 202 Å². The fourth-order valence-electron chi connectivity index (χ4n) is 2.80. The van der Waals surface area contributed by atoms with Crippen molar-refractivity contribution < 1.29 is 28.5 Å². The molecule has 9 nitrogen and oxygen atoms in total. The highest BCUT2D eigenvalue weighted by Gasteiger charge is 2.26. The van der Waals surface area contributed by atoms with Gasteiger partial charge in [0.05, 0.1) is 43.2 Å². The molecule has 1 atom stereocenters. The Balaban J connectivity index is 2.43. The van der Waals surface area contributed by atoms with Crippen LogP contribution in [0.3, 0.4) is 0 Å². The van der Waals surface area contributed by atoms with E-state index in [1.165, 1.54) is 33.3 Å². The lowest BCUT2D eigenvalue weighted by molar-refractivity contribution is -0.126. The normalized spacial score (nSPS) is 11.7. The maximum atomic E-state index is 12.9. The summed E-state index contributed by atoms with van der Waals surface area (Å²) >= 11 is 12.4. The summed E-state index contributed by atoms with van der Waals surface area (Å²) in [4.78, 5) is 25.2.